The number of hydrogen-bond acceptors (Lipinski definition) is 3. The zero-order chi connectivity index (χ0) is 22.3. The summed E-state index contributed by atoms with van der Waals surface area (Å²) in [5.74, 6) is -0.119. The largest absolute Gasteiger partial charge is 0.404 e. The summed E-state index contributed by atoms with van der Waals surface area (Å²) in [6.45, 7) is 2.19. The lowest BCUT2D eigenvalue weighted by Crippen LogP contribution is -2.12. The van der Waals surface area contributed by atoms with Crippen molar-refractivity contribution in [3.63, 3.8) is 0 Å². The number of aromatic nitrogens is 2. The Hall–Kier alpha value is -3.37. The second kappa shape index (κ2) is 10.3. The molecule has 1 heterocycles. The fourth-order valence-corrected chi connectivity index (χ4v) is 3.74. The number of nitrogens with zero attached hydrogens (tertiary/aromatic N) is 2. The Morgan fingerprint density at radius 3 is 2.38 bits per heavy atom. The average Bonchev–Trinajstić information content (AvgIpc) is 3.24. The monoisotopic (exact) mass is 444 g/mol. The quantitative estimate of drug-likeness (QED) is 0.214. The Morgan fingerprint density at radius 1 is 0.938 bits per heavy atom. The van der Waals surface area contributed by atoms with Gasteiger partial charge in [0.05, 0.1) is 22.0 Å². The van der Waals surface area contributed by atoms with Crippen molar-refractivity contribution in [2.24, 2.45) is 0 Å². The van der Waals surface area contributed by atoms with Crippen LogP contribution in [0.1, 0.15) is 42.1 Å². The van der Waals surface area contributed by atoms with Crippen molar-refractivity contribution in [3.05, 3.63) is 101 Å². The fourth-order valence-electron chi connectivity index (χ4n) is 3.52. The van der Waals surface area contributed by atoms with Crippen LogP contribution in [0.15, 0.2) is 84.9 Å². The highest BCUT2D eigenvalue weighted by molar-refractivity contribution is 6.32. The first-order chi connectivity index (χ1) is 15.7. The van der Waals surface area contributed by atoms with Gasteiger partial charge < -0.3 is 4.74 Å². The molecule has 0 saturated heterocycles. The van der Waals surface area contributed by atoms with Crippen molar-refractivity contribution in [1.82, 2.24) is 9.78 Å². The van der Waals surface area contributed by atoms with Crippen molar-refractivity contribution in [2.75, 3.05) is 0 Å². The molecule has 0 amide bonds. The van der Waals surface area contributed by atoms with Gasteiger partial charge >= 0.3 is 5.97 Å². The SMILES string of the molecule is CCCCCc1ccc(C(=O)Oc2cc(-c3ccccc3)nn2-c2ccccc2Cl)cc1. The molecule has 0 spiro atoms. The molecule has 5 heteroatoms. The Morgan fingerprint density at radius 2 is 1.66 bits per heavy atom. The molecule has 0 atom stereocenters. The van der Waals surface area contributed by atoms with Crippen LogP contribution in [0.2, 0.25) is 5.02 Å². The Balaban J connectivity index is 1.61. The van der Waals surface area contributed by atoms with E-state index in [1.54, 1.807) is 16.8 Å². The van der Waals surface area contributed by atoms with Crippen molar-refractivity contribution < 1.29 is 9.53 Å². The van der Waals surface area contributed by atoms with Gasteiger partial charge in [-0.1, -0.05) is 86.0 Å². The summed E-state index contributed by atoms with van der Waals surface area (Å²) in [5.41, 5.74) is 3.98. The molecular formula is C27H25ClN2O2. The number of para-hydroxylation sites is 1. The molecule has 4 nitrogen and oxygen atoms in total. The summed E-state index contributed by atoms with van der Waals surface area (Å²) in [5, 5.41) is 5.19. The van der Waals surface area contributed by atoms with E-state index in [0.717, 1.165) is 18.4 Å². The van der Waals surface area contributed by atoms with Gasteiger partial charge in [-0.2, -0.15) is 9.78 Å². The topological polar surface area (TPSA) is 44.1 Å². The first kappa shape index (κ1) is 21.8. The minimum absolute atomic E-state index is 0.314. The Labute approximate surface area is 193 Å². The van der Waals surface area contributed by atoms with Gasteiger partial charge in [-0.15, -0.1) is 0 Å². The molecule has 0 aliphatic rings. The van der Waals surface area contributed by atoms with Crippen molar-refractivity contribution >= 4 is 17.6 Å². The van der Waals surface area contributed by atoms with Gasteiger partial charge in [-0.05, 0) is 42.7 Å². The van der Waals surface area contributed by atoms with E-state index in [9.17, 15) is 4.79 Å². The summed E-state index contributed by atoms with van der Waals surface area (Å²) in [4.78, 5) is 12.9. The number of carbonyl (C=O) groups excluding carboxylic acids is 1. The molecule has 4 aromatic rings. The molecule has 4 rings (SSSR count). The van der Waals surface area contributed by atoms with Crippen LogP contribution in [0.3, 0.4) is 0 Å². The molecule has 0 saturated carbocycles. The second-order valence-corrected chi connectivity index (χ2v) is 8.05. The number of ether oxygens (including phenoxy) is 1. The summed E-state index contributed by atoms with van der Waals surface area (Å²) in [6, 6.07) is 26.5. The number of halogens is 1. The van der Waals surface area contributed by atoms with E-state index in [-0.39, 0.29) is 0 Å². The molecule has 0 aliphatic heterocycles. The highest BCUT2D eigenvalue weighted by atomic mass is 35.5. The normalized spacial score (nSPS) is 10.8. The van der Waals surface area contributed by atoms with Crippen molar-refractivity contribution in [1.29, 1.82) is 0 Å². The molecule has 0 aliphatic carbocycles. The lowest BCUT2D eigenvalue weighted by Gasteiger charge is -2.09. The summed E-state index contributed by atoms with van der Waals surface area (Å²) >= 11 is 6.41. The molecule has 32 heavy (non-hydrogen) atoms. The minimum atomic E-state index is -0.432. The highest BCUT2D eigenvalue weighted by Gasteiger charge is 2.18. The van der Waals surface area contributed by atoms with E-state index < -0.39 is 5.97 Å². The third-order valence-corrected chi connectivity index (χ3v) is 5.60. The molecule has 162 valence electrons. The van der Waals surface area contributed by atoms with Gasteiger partial charge in [0.1, 0.15) is 0 Å². The molecular weight excluding hydrogens is 420 g/mol. The number of rotatable bonds is 8. The van der Waals surface area contributed by atoms with Gasteiger partial charge in [0.25, 0.3) is 0 Å². The molecule has 0 radical (unpaired) electrons. The van der Waals surface area contributed by atoms with Crippen LogP contribution in [-0.4, -0.2) is 15.7 Å². The molecule has 0 bridgehead atoms. The number of hydrogen-bond donors (Lipinski definition) is 0. The van der Waals surface area contributed by atoms with Crippen molar-refractivity contribution in [2.45, 2.75) is 32.6 Å². The summed E-state index contributed by atoms with van der Waals surface area (Å²) in [6.07, 6.45) is 4.57. The summed E-state index contributed by atoms with van der Waals surface area (Å²) in [7, 11) is 0. The highest BCUT2D eigenvalue weighted by Crippen LogP contribution is 2.30. The second-order valence-electron chi connectivity index (χ2n) is 7.64. The fraction of sp³-hybridized carbons (Fsp3) is 0.185. The maximum absolute atomic E-state index is 12.9. The van der Waals surface area contributed by atoms with Crippen LogP contribution in [0.4, 0.5) is 0 Å². The number of unbranched alkanes of at least 4 members (excludes halogenated alkanes) is 2. The zero-order valence-electron chi connectivity index (χ0n) is 18.0. The van der Waals surface area contributed by atoms with Gasteiger partial charge in [0.2, 0.25) is 5.88 Å². The van der Waals surface area contributed by atoms with E-state index in [2.05, 4.69) is 12.0 Å². The predicted molar refractivity (Wildman–Crippen MR) is 129 cm³/mol. The van der Waals surface area contributed by atoms with Crippen LogP contribution in [-0.2, 0) is 6.42 Å². The number of esters is 1. The van der Waals surface area contributed by atoms with Gasteiger partial charge in [-0.3, -0.25) is 0 Å². The lowest BCUT2D eigenvalue weighted by molar-refractivity contribution is 0.0723. The van der Waals surface area contributed by atoms with Crippen LogP contribution in [0.5, 0.6) is 5.88 Å². The first-order valence-electron chi connectivity index (χ1n) is 10.9. The molecule has 3 aromatic carbocycles. The van der Waals surface area contributed by atoms with Gasteiger partial charge in [-0.25, -0.2) is 4.79 Å². The van der Waals surface area contributed by atoms with Crippen molar-refractivity contribution in [3.8, 4) is 22.8 Å². The zero-order valence-corrected chi connectivity index (χ0v) is 18.8. The predicted octanol–water partition coefficient (Wildman–Crippen LogP) is 7.14. The number of aryl methyl sites for hydroxylation is 1. The third kappa shape index (κ3) is 5.09. The van der Waals surface area contributed by atoms with Crippen LogP contribution >= 0.6 is 11.6 Å². The van der Waals surface area contributed by atoms with E-state index >= 15 is 0 Å². The summed E-state index contributed by atoms with van der Waals surface area (Å²) < 4.78 is 7.36. The van der Waals surface area contributed by atoms with E-state index in [1.807, 2.05) is 72.8 Å². The maximum Gasteiger partial charge on any atom is 0.344 e. The van der Waals surface area contributed by atoms with E-state index in [0.29, 0.717) is 27.8 Å². The molecule has 0 unspecified atom stereocenters. The first-order valence-corrected chi connectivity index (χ1v) is 11.2. The van der Waals surface area contributed by atoms with Crippen LogP contribution in [0, 0.1) is 0 Å². The minimum Gasteiger partial charge on any atom is -0.404 e. The van der Waals surface area contributed by atoms with Crippen LogP contribution in [0.25, 0.3) is 16.9 Å². The third-order valence-electron chi connectivity index (χ3n) is 5.28. The standard InChI is InChI=1S/C27H25ClN2O2/c1-2-3-5-10-20-15-17-22(18-16-20)27(31)32-26-19-24(21-11-6-4-7-12-21)29-30(26)25-14-9-8-13-23(25)28/h4,6-9,11-19H,2-3,5,10H2,1H3. The Bertz CT molecular complexity index is 1180. The average molecular weight is 445 g/mol. The van der Waals surface area contributed by atoms with E-state index in [4.69, 9.17) is 16.3 Å². The number of carbonyl (C=O) groups is 1. The Kier molecular flexibility index (Phi) is 7.03. The molecule has 0 N–H and O–H groups in total. The smallest absolute Gasteiger partial charge is 0.344 e. The van der Waals surface area contributed by atoms with Gasteiger partial charge in [0, 0.05) is 11.6 Å². The maximum atomic E-state index is 12.9. The van der Waals surface area contributed by atoms with E-state index in [1.165, 1.54) is 18.4 Å². The number of benzene rings is 3. The molecule has 0 fully saturated rings. The molecule has 1 aromatic heterocycles. The van der Waals surface area contributed by atoms with Crippen LogP contribution < -0.4 is 4.74 Å². The van der Waals surface area contributed by atoms with Gasteiger partial charge in [0.15, 0.2) is 0 Å². The lowest BCUT2D eigenvalue weighted by atomic mass is 10.1.